The van der Waals surface area contributed by atoms with Gasteiger partial charge in [-0.3, -0.25) is 9.59 Å². The van der Waals surface area contributed by atoms with Gasteiger partial charge >= 0.3 is 5.97 Å². The molecule has 0 aliphatic heterocycles. The highest BCUT2D eigenvalue weighted by Gasteiger charge is 2.19. The molecule has 1 aromatic rings. The smallest absolute Gasteiger partial charge is 0.305 e. The summed E-state index contributed by atoms with van der Waals surface area (Å²) in [5, 5.41) is 11.6. The Morgan fingerprint density at radius 2 is 1.94 bits per heavy atom. The molecule has 86 valence electrons. The van der Waals surface area contributed by atoms with Crippen LogP contribution in [0.3, 0.4) is 0 Å². The van der Waals surface area contributed by atoms with E-state index in [0.29, 0.717) is 6.42 Å². The van der Waals surface area contributed by atoms with Gasteiger partial charge in [0, 0.05) is 12.1 Å². The molecule has 0 spiro atoms. The number of rotatable bonds is 6. The number of Topliss-reactive ketones (excluding diaryl/α,β-unsaturated/α-hetero) is 1. The number of aliphatic carboxylic acids is 1. The van der Waals surface area contributed by atoms with Gasteiger partial charge in [-0.1, -0.05) is 25.1 Å². The van der Waals surface area contributed by atoms with Crippen LogP contribution in [0.5, 0.6) is 0 Å². The minimum Gasteiger partial charge on any atom is -0.481 e. The van der Waals surface area contributed by atoms with Gasteiger partial charge in [0.05, 0.1) is 12.5 Å². The van der Waals surface area contributed by atoms with Gasteiger partial charge in [0.2, 0.25) is 0 Å². The first kappa shape index (κ1) is 12.2. The van der Waals surface area contributed by atoms with Crippen molar-refractivity contribution < 1.29 is 14.7 Å². The maximum atomic E-state index is 11.5. The van der Waals surface area contributed by atoms with Crippen molar-refractivity contribution in [1.82, 2.24) is 0 Å². The standard InChI is InChI=1S/C12H15NO3/c1-2-11(14)10(8-12(15)16)13-9-6-4-3-5-7-9/h3-7,10,13H,2,8H2,1H3,(H,15,16). The molecule has 0 aromatic heterocycles. The quantitative estimate of drug-likeness (QED) is 0.770. The van der Waals surface area contributed by atoms with Gasteiger partial charge in [-0.05, 0) is 12.1 Å². The van der Waals surface area contributed by atoms with Gasteiger partial charge in [0.25, 0.3) is 0 Å². The molecular formula is C12H15NO3. The number of benzene rings is 1. The average molecular weight is 221 g/mol. The van der Waals surface area contributed by atoms with Crippen LogP contribution < -0.4 is 5.32 Å². The summed E-state index contributed by atoms with van der Waals surface area (Å²) in [4.78, 5) is 22.2. The highest BCUT2D eigenvalue weighted by molar-refractivity contribution is 5.90. The predicted molar refractivity (Wildman–Crippen MR) is 61.4 cm³/mol. The van der Waals surface area contributed by atoms with Crippen LogP contribution in [0, 0.1) is 0 Å². The normalized spacial score (nSPS) is 11.8. The fourth-order valence-electron chi connectivity index (χ4n) is 1.40. The van der Waals surface area contributed by atoms with Crippen molar-refractivity contribution in [3.63, 3.8) is 0 Å². The van der Waals surface area contributed by atoms with E-state index >= 15 is 0 Å². The zero-order valence-corrected chi connectivity index (χ0v) is 9.14. The van der Waals surface area contributed by atoms with Gasteiger partial charge in [0.1, 0.15) is 0 Å². The number of carboxylic acids is 1. The summed E-state index contributed by atoms with van der Waals surface area (Å²) >= 11 is 0. The SMILES string of the molecule is CCC(=O)C(CC(=O)O)Nc1ccccc1. The van der Waals surface area contributed by atoms with E-state index in [9.17, 15) is 9.59 Å². The number of nitrogens with one attached hydrogen (secondary N) is 1. The molecule has 4 heteroatoms. The summed E-state index contributed by atoms with van der Waals surface area (Å²) in [5.74, 6) is -1.07. The molecule has 4 nitrogen and oxygen atoms in total. The lowest BCUT2D eigenvalue weighted by Crippen LogP contribution is -2.31. The van der Waals surface area contributed by atoms with E-state index in [1.165, 1.54) is 0 Å². The lowest BCUT2D eigenvalue weighted by molar-refractivity contribution is -0.138. The maximum absolute atomic E-state index is 11.5. The maximum Gasteiger partial charge on any atom is 0.305 e. The van der Waals surface area contributed by atoms with Crippen molar-refractivity contribution in [2.45, 2.75) is 25.8 Å². The third kappa shape index (κ3) is 3.73. The Balaban J connectivity index is 2.70. The minimum absolute atomic E-state index is 0.0914. The molecule has 1 atom stereocenters. The van der Waals surface area contributed by atoms with Gasteiger partial charge in [-0.2, -0.15) is 0 Å². The number of hydrogen-bond acceptors (Lipinski definition) is 3. The van der Waals surface area contributed by atoms with Crippen LogP contribution in [0.15, 0.2) is 30.3 Å². The molecule has 0 heterocycles. The molecule has 0 aliphatic rings. The molecule has 0 radical (unpaired) electrons. The van der Waals surface area contributed by atoms with Crippen molar-refractivity contribution in [3.05, 3.63) is 30.3 Å². The zero-order chi connectivity index (χ0) is 12.0. The average Bonchev–Trinajstić information content (AvgIpc) is 2.28. The van der Waals surface area contributed by atoms with Crippen LogP contribution in [0.2, 0.25) is 0 Å². The summed E-state index contributed by atoms with van der Waals surface area (Å²) in [6.07, 6.45) is 0.138. The van der Waals surface area contributed by atoms with Crippen molar-refractivity contribution in [3.8, 4) is 0 Å². The second-order valence-corrected chi connectivity index (χ2v) is 3.48. The molecule has 1 rings (SSSR count). The van der Waals surface area contributed by atoms with E-state index in [1.54, 1.807) is 19.1 Å². The first-order chi connectivity index (χ1) is 7.63. The Kier molecular flexibility index (Phi) is 4.51. The molecule has 0 saturated carbocycles. The van der Waals surface area contributed by atoms with Crippen LogP contribution >= 0.6 is 0 Å². The molecule has 0 saturated heterocycles. The van der Waals surface area contributed by atoms with Crippen molar-refractivity contribution in [2.75, 3.05) is 5.32 Å². The first-order valence-corrected chi connectivity index (χ1v) is 5.19. The van der Waals surface area contributed by atoms with Gasteiger partial charge in [0.15, 0.2) is 5.78 Å². The number of carbonyl (C=O) groups is 2. The van der Waals surface area contributed by atoms with Gasteiger partial charge in [-0.25, -0.2) is 0 Å². The lowest BCUT2D eigenvalue weighted by atomic mass is 10.1. The number of carboxylic acid groups (broad SMARTS) is 1. The summed E-state index contributed by atoms with van der Waals surface area (Å²) in [6.45, 7) is 1.73. The molecule has 2 N–H and O–H groups in total. The number of carbonyl (C=O) groups excluding carboxylic acids is 1. The van der Waals surface area contributed by atoms with Crippen LogP contribution in [0.4, 0.5) is 5.69 Å². The number of para-hydroxylation sites is 1. The minimum atomic E-state index is -0.977. The van der Waals surface area contributed by atoms with Crippen molar-refractivity contribution in [2.24, 2.45) is 0 Å². The second-order valence-electron chi connectivity index (χ2n) is 3.48. The number of ketones is 1. The van der Waals surface area contributed by atoms with Crippen molar-refractivity contribution >= 4 is 17.4 Å². The molecule has 1 unspecified atom stereocenters. The fraction of sp³-hybridized carbons (Fsp3) is 0.333. The van der Waals surface area contributed by atoms with Gasteiger partial charge in [-0.15, -0.1) is 0 Å². The lowest BCUT2D eigenvalue weighted by Gasteiger charge is -2.16. The Labute approximate surface area is 94.3 Å². The van der Waals surface area contributed by atoms with E-state index in [4.69, 9.17) is 5.11 Å². The molecule has 0 amide bonds. The van der Waals surface area contributed by atoms with Crippen LogP contribution in [-0.2, 0) is 9.59 Å². The molecule has 0 bridgehead atoms. The molecule has 0 fully saturated rings. The summed E-state index contributed by atoms with van der Waals surface area (Å²) in [6, 6.07) is 8.48. The van der Waals surface area contributed by atoms with E-state index in [-0.39, 0.29) is 12.2 Å². The monoisotopic (exact) mass is 221 g/mol. The van der Waals surface area contributed by atoms with Gasteiger partial charge < -0.3 is 10.4 Å². The molecule has 1 aromatic carbocycles. The van der Waals surface area contributed by atoms with Crippen molar-refractivity contribution in [1.29, 1.82) is 0 Å². The van der Waals surface area contributed by atoms with E-state index in [0.717, 1.165) is 5.69 Å². The third-order valence-electron chi connectivity index (χ3n) is 2.23. The largest absolute Gasteiger partial charge is 0.481 e. The van der Waals surface area contributed by atoms with E-state index in [1.807, 2.05) is 18.2 Å². The zero-order valence-electron chi connectivity index (χ0n) is 9.14. The Bertz CT molecular complexity index is 362. The summed E-state index contributed by atoms with van der Waals surface area (Å²) < 4.78 is 0. The Hall–Kier alpha value is -1.84. The van der Waals surface area contributed by atoms with Crippen LogP contribution in [0.25, 0.3) is 0 Å². The number of hydrogen-bond donors (Lipinski definition) is 2. The van der Waals surface area contributed by atoms with E-state index < -0.39 is 12.0 Å². The van der Waals surface area contributed by atoms with Crippen LogP contribution in [-0.4, -0.2) is 22.9 Å². The number of anilines is 1. The highest BCUT2D eigenvalue weighted by atomic mass is 16.4. The third-order valence-corrected chi connectivity index (χ3v) is 2.23. The van der Waals surface area contributed by atoms with E-state index in [2.05, 4.69) is 5.32 Å². The fourth-order valence-corrected chi connectivity index (χ4v) is 1.40. The molecule has 16 heavy (non-hydrogen) atoms. The molecular weight excluding hydrogens is 206 g/mol. The first-order valence-electron chi connectivity index (χ1n) is 5.19. The Morgan fingerprint density at radius 3 is 2.44 bits per heavy atom. The summed E-state index contributed by atoms with van der Waals surface area (Å²) in [5.41, 5.74) is 0.760. The topological polar surface area (TPSA) is 66.4 Å². The second kappa shape index (κ2) is 5.90. The molecule has 0 aliphatic carbocycles. The van der Waals surface area contributed by atoms with Crippen LogP contribution in [0.1, 0.15) is 19.8 Å². The highest BCUT2D eigenvalue weighted by Crippen LogP contribution is 2.10. The predicted octanol–water partition coefficient (Wildman–Crippen LogP) is 1.92. The Morgan fingerprint density at radius 1 is 1.31 bits per heavy atom. The summed E-state index contributed by atoms with van der Waals surface area (Å²) in [7, 11) is 0.